The van der Waals surface area contributed by atoms with Crippen LogP contribution in [0, 0.1) is 0 Å². The van der Waals surface area contributed by atoms with Crippen molar-refractivity contribution in [2.24, 2.45) is 0 Å². The normalized spacial score (nSPS) is 28.4. The number of carboxylic acids is 1. The Labute approximate surface area is 123 Å². The Morgan fingerprint density at radius 2 is 2.15 bits per heavy atom. The van der Waals surface area contributed by atoms with E-state index in [0.29, 0.717) is 18.6 Å². The second-order valence-corrected chi connectivity index (χ2v) is 6.72. The predicted octanol–water partition coefficient (Wildman–Crippen LogP) is 1.80. The summed E-state index contributed by atoms with van der Waals surface area (Å²) in [4.78, 5) is 23.8. The lowest BCUT2D eigenvalue weighted by molar-refractivity contribution is -0.150. The number of carbonyl (C=O) groups is 2. The van der Waals surface area contributed by atoms with Gasteiger partial charge >= 0.3 is 5.97 Å². The third kappa shape index (κ3) is 3.47. The number of rotatable bonds is 6. The van der Waals surface area contributed by atoms with E-state index >= 15 is 0 Å². The average Bonchev–Trinajstić information content (AvgIpc) is 3.07. The number of carbonyl (C=O) groups excluding carboxylic acids is 1. The van der Waals surface area contributed by atoms with Crippen LogP contribution in [0.1, 0.15) is 45.4 Å². The summed E-state index contributed by atoms with van der Waals surface area (Å²) in [6.45, 7) is 1.90. The first-order valence-electron chi connectivity index (χ1n) is 7.36. The zero-order chi connectivity index (χ0) is 14.6. The molecule has 20 heavy (non-hydrogen) atoms. The maximum Gasteiger partial charge on any atom is 0.330 e. The van der Waals surface area contributed by atoms with Crippen molar-refractivity contribution in [1.82, 2.24) is 5.32 Å². The van der Waals surface area contributed by atoms with Crippen molar-refractivity contribution >= 4 is 23.6 Å². The summed E-state index contributed by atoms with van der Waals surface area (Å²) in [6.07, 6.45) is 5.00. The zero-order valence-electron chi connectivity index (χ0n) is 11.9. The number of hydrogen-bond donors (Lipinski definition) is 2. The molecule has 6 heteroatoms. The van der Waals surface area contributed by atoms with E-state index in [1.807, 2.05) is 6.92 Å². The van der Waals surface area contributed by atoms with E-state index in [9.17, 15) is 14.7 Å². The largest absolute Gasteiger partial charge is 0.479 e. The molecule has 2 aliphatic rings. The molecule has 2 N–H and O–H groups in total. The molecule has 2 unspecified atom stereocenters. The molecule has 1 aliphatic carbocycles. The molecule has 0 bridgehead atoms. The monoisotopic (exact) mass is 301 g/mol. The first-order chi connectivity index (χ1) is 9.57. The van der Waals surface area contributed by atoms with Gasteiger partial charge in [0.2, 0.25) is 5.91 Å². The Morgan fingerprint density at radius 3 is 2.65 bits per heavy atom. The summed E-state index contributed by atoms with van der Waals surface area (Å²) in [5, 5.41) is 12.1. The lowest BCUT2D eigenvalue weighted by Gasteiger charge is -2.28. The number of amides is 1. The van der Waals surface area contributed by atoms with E-state index in [1.165, 1.54) is 0 Å². The fourth-order valence-electron chi connectivity index (χ4n) is 2.80. The van der Waals surface area contributed by atoms with E-state index in [-0.39, 0.29) is 12.0 Å². The summed E-state index contributed by atoms with van der Waals surface area (Å²) in [5.41, 5.74) is -1.10. The van der Waals surface area contributed by atoms with E-state index in [1.54, 1.807) is 11.8 Å². The first kappa shape index (κ1) is 15.6. The summed E-state index contributed by atoms with van der Waals surface area (Å²) in [5.74, 6) is -0.00304. The molecule has 0 aromatic rings. The second kappa shape index (κ2) is 6.80. The third-order valence-corrected chi connectivity index (χ3v) is 5.31. The highest BCUT2D eigenvalue weighted by atomic mass is 32.2. The summed E-state index contributed by atoms with van der Waals surface area (Å²) in [7, 11) is 0. The van der Waals surface area contributed by atoms with Gasteiger partial charge in [0, 0.05) is 5.75 Å². The van der Waals surface area contributed by atoms with Crippen LogP contribution in [0.25, 0.3) is 0 Å². The van der Waals surface area contributed by atoms with Crippen molar-refractivity contribution in [2.45, 2.75) is 63.2 Å². The Morgan fingerprint density at radius 1 is 1.45 bits per heavy atom. The standard InChI is InChI=1S/C14H23NO4S/c1-2-11(19-10-5-3-4-6-10)12(16)15-14(13(17)18)7-8-20-9-14/h10-11H,2-9H2,1H3,(H,15,16)(H,17,18). The Bertz CT molecular complexity index is 362. The first-order valence-corrected chi connectivity index (χ1v) is 8.51. The van der Waals surface area contributed by atoms with E-state index in [0.717, 1.165) is 31.4 Å². The van der Waals surface area contributed by atoms with Crippen molar-refractivity contribution in [3.05, 3.63) is 0 Å². The smallest absolute Gasteiger partial charge is 0.330 e. The van der Waals surface area contributed by atoms with E-state index < -0.39 is 17.6 Å². The van der Waals surface area contributed by atoms with Crippen LogP contribution in [0.5, 0.6) is 0 Å². The zero-order valence-corrected chi connectivity index (χ0v) is 12.7. The van der Waals surface area contributed by atoms with Gasteiger partial charge < -0.3 is 15.2 Å². The van der Waals surface area contributed by atoms with Gasteiger partial charge in [-0.15, -0.1) is 0 Å². The van der Waals surface area contributed by atoms with Crippen LogP contribution in [-0.4, -0.2) is 46.2 Å². The van der Waals surface area contributed by atoms with Gasteiger partial charge in [-0.1, -0.05) is 19.8 Å². The van der Waals surface area contributed by atoms with E-state index in [2.05, 4.69) is 5.32 Å². The van der Waals surface area contributed by atoms with Crippen molar-refractivity contribution in [3.8, 4) is 0 Å². The van der Waals surface area contributed by atoms with Gasteiger partial charge in [-0.05, 0) is 31.4 Å². The van der Waals surface area contributed by atoms with Gasteiger partial charge in [-0.25, -0.2) is 4.79 Å². The van der Waals surface area contributed by atoms with Gasteiger partial charge in [0.05, 0.1) is 6.10 Å². The molecule has 1 saturated carbocycles. The highest BCUT2D eigenvalue weighted by Crippen LogP contribution is 2.29. The fourth-order valence-corrected chi connectivity index (χ4v) is 4.13. The average molecular weight is 301 g/mol. The summed E-state index contributed by atoms with van der Waals surface area (Å²) < 4.78 is 5.85. The van der Waals surface area contributed by atoms with Crippen molar-refractivity contribution in [3.63, 3.8) is 0 Å². The van der Waals surface area contributed by atoms with Crippen LogP contribution in [0.4, 0.5) is 0 Å². The Kier molecular flexibility index (Phi) is 5.32. The van der Waals surface area contributed by atoms with Gasteiger partial charge in [0.25, 0.3) is 0 Å². The molecule has 2 fully saturated rings. The number of aliphatic carboxylic acids is 1. The van der Waals surface area contributed by atoms with Gasteiger partial charge in [-0.2, -0.15) is 11.8 Å². The molecule has 5 nitrogen and oxygen atoms in total. The number of ether oxygens (including phenoxy) is 1. The molecule has 1 aliphatic heterocycles. The van der Waals surface area contributed by atoms with Crippen molar-refractivity contribution in [2.75, 3.05) is 11.5 Å². The topological polar surface area (TPSA) is 75.6 Å². The molecule has 1 amide bonds. The third-order valence-electron chi connectivity index (χ3n) is 4.12. The SMILES string of the molecule is CCC(OC1CCCC1)C(=O)NC1(C(=O)O)CCSC1. The molecule has 0 radical (unpaired) electrons. The molecule has 2 atom stereocenters. The number of thioether (sulfide) groups is 1. The van der Waals surface area contributed by atoms with Gasteiger partial charge in [0.1, 0.15) is 11.6 Å². The van der Waals surface area contributed by atoms with Gasteiger partial charge in [0.15, 0.2) is 0 Å². The minimum Gasteiger partial charge on any atom is -0.479 e. The molecule has 0 aromatic carbocycles. The lowest BCUT2D eigenvalue weighted by atomic mass is 9.98. The lowest BCUT2D eigenvalue weighted by Crippen LogP contribution is -2.57. The quantitative estimate of drug-likeness (QED) is 0.782. The number of hydrogen-bond acceptors (Lipinski definition) is 4. The molecule has 2 rings (SSSR count). The minimum absolute atomic E-state index is 0.157. The summed E-state index contributed by atoms with van der Waals surface area (Å²) in [6, 6.07) is 0. The molecular weight excluding hydrogens is 278 g/mol. The second-order valence-electron chi connectivity index (χ2n) is 5.62. The number of carboxylic acid groups (broad SMARTS) is 1. The van der Waals surface area contributed by atoms with Crippen LogP contribution in [-0.2, 0) is 14.3 Å². The molecule has 0 aromatic heterocycles. The molecule has 1 saturated heterocycles. The Hall–Kier alpha value is -0.750. The summed E-state index contributed by atoms with van der Waals surface area (Å²) >= 11 is 1.57. The Balaban J connectivity index is 1.95. The molecule has 114 valence electrons. The van der Waals surface area contributed by atoms with Crippen LogP contribution < -0.4 is 5.32 Å². The maximum atomic E-state index is 12.3. The van der Waals surface area contributed by atoms with Crippen molar-refractivity contribution < 1.29 is 19.4 Å². The van der Waals surface area contributed by atoms with Crippen LogP contribution in [0.3, 0.4) is 0 Å². The fraction of sp³-hybridized carbons (Fsp3) is 0.857. The predicted molar refractivity (Wildman–Crippen MR) is 77.9 cm³/mol. The van der Waals surface area contributed by atoms with Crippen LogP contribution in [0.15, 0.2) is 0 Å². The van der Waals surface area contributed by atoms with E-state index in [4.69, 9.17) is 4.74 Å². The highest BCUT2D eigenvalue weighted by Gasteiger charge is 2.44. The maximum absolute atomic E-state index is 12.3. The molecule has 1 heterocycles. The number of nitrogens with one attached hydrogen (secondary N) is 1. The van der Waals surface area contributed by atoms with Crippen LogP contribution in [0.2, 0.25) is 0 Å². The van der Waals surface area contributed by atoms with Crippen molar-refractivity contribution in [1.29, 1.82) is 0 Å². The van der Waals surface area contributed by atoms with Gasteiger partial charge in [-0.3, -0.25) is 4.79 Å². The highest BCUT2D eigenvalue weighted by molar-refractivity contribution is 7.99. The molecule has 0 spiro atoms. The molecular formula is C14H23NO4S. The minimum atomic E-state index is -1.10. The van der Waals surface area contributed by atoms with Crippen LogP contribution >= 0.6 is 11.8 Å².